The van der Waals surface area contributed by atoms with Crippen molar-refractivity contribution in [2.45, 2.75) is 33.6 Å². The topological polar surface area (TPSA) is 57.7 Å². The van der Waals surface area contributed by atoms with Crippen LogP contribution in [0.2, 0.25) is 0 Å². The Morgan fingerprint density at radius 2 is 1.28 bits per heavy atom. The van der Waals surface area contributed by atoms with Gasteiger partial charge in [-0.15, -0.1) is 0 Å². The van der Waals surface area contributed by atoms with Crippen LogP contribution in [0.1, 0.15) is 54.3 Å². The number of Topliss-reactive ketones (excluding diaryl/α,β-unsaturated/α-hetero) is 1. The highest BCUT2D eigenvalue weighted by Gasteiger charge is 2.65. The molecule has 5 rings (SSSR count). The monoisotopic (exact) mass is 428 g/mol. The van der Waals surface area contributed by atoms with Crippen molar-refractivity contribution < 1.29 is 14.4 Å². The SMILES string of the molecule is CC12CCC(C(=C3N(C(=O)c4ccccc4)CCN3C(=O)c3ccccc3)C1=O)C2(C)C. The van der Waals surface area contributed by atoms with Crippen molar-refractivity contribution in [3.05, 3.63) is 83.2 Å². The van der Waals surface area contributed by atoms with E-state index in [9.17, 15) is 14.4 Å². The van der Waals surface area contributed by atoms with E-state index in [1.54, 1.807) is 34.1 Å². The number of hydrogen-bond donors (Lipinski definition) is 0. The Hall–Kier alpha value is -3.21. The van der Waals surface area contributed by atoms with E-state index in [1.807, 2.05) is 43.3 Å². The molecule has 2 aromatic carbocycles. The average molecular weight is 429 g/mol. The Balaban J connectivity index is 1.66. The van der Waals surface area contributed by atoms with Crippen LogP contribution in [0.5, 0.6) is 0 Å². The summed E-state index contributed by atoms with van der Waals surface area (Å²) in [5.74, 6) is 0.279. The maximum Gasteiger partial charge on any atom is 0.259 e. The standard InChI is InChI=1S/C27H28N2O3/c1-26(2)20-14-15-27(26,3)22(30)21(20)23-28(24(31)18-10-6-4-7-11-18)16-17-29(23)25(32)19-12-8-5-9-13-19/h4-13,20H,14-17H2,1-3H3. The number of ketones is 1. The molecule has 0 radical (unpaired) electrons. The minimum atomic E-state index is -0.467. The highest BCUT2D eigenvalue weighted by molar-refractivity contribution is 6.08. The van der Waals surface area contributed by atoms with Gasteiger partial charge in [-0.1, -0.05) is 57.2 Å². The molecule has 32 heavy (non-hydrogen) atoms. The van der Waals surface area contributed by atoms with E-state index < -0.39 is 5.41 Å². The molecule has 0 aromatic heterocycles. The van der Waals surface area contributed by atoms with Gasteiger partial charge in [-0.25, -0.2) is 0 Å². The maximum absolute atomic E-state index is 13.8. The number of amides is 2. The molecular weight excluding hydrogens is 400 g/mol. The summed E-state index contributed by atoms with van der Waals surface area (Å²) in [6, 6.07) is 18.2. The minimum absolute atomic E-state index is 0.0326. The van der Waals surface area contributed by atoms with Gasteiger partial charge in [-0.2, -0.15) is 0 Å². The van der Waals surface area contributed by atoms with Gasteiger partial charge in [0.05, 0.1) is 0 Å². The van der Waals surface area contributed by atoms with Crippen LogP contribution in [0, 0.1) is 16.7 Å². The molecule has 2 atom stereocenters. The predicted octanol–water partition coefficient (Wildman–Crippen LogP) is 4.52. The second-order valence-electron chi connectivity index (χ2n) is 9.86. The van der Waals surface area contributed by atoms with Crippen molar-refractivity contribution >= 4 is 17.6 Å². The quantitative estimate of drug-likeness (QED) is 0.661. The first-order valence-corrected chi connectivity index (χ1v) is 11.3. The van der Waals surface area contributed by atoms with Gasteiger partial charge < -0.3 is 0 Å². The van der Waals surface area contributed by atoms with Gasteiger partial charge >= 0.3 is 0 Å². The number of benzene rings is 2. The first kappa shape index (κ1) is 20.7. The Morgan fingerprint density at radius 1 is 0.812 bits per heavy atom. The lowest BCUT2D eigenvalue weighted by atomic mass is 9.70. The molecule has 2 aromatic rings. The van der Waals surface area contributed by atoms with Gasteiger partial charge in [-0.3, -0.25) is 24.2 Å². The molecule has 5 nitrogen and oxygen atoms in total. The van der Waals surface area contributed by atoms with Crippen molar-refractivity contribution in [1.82, 2.24) is 9.80 Å². The molecule has 164 valence electrons. The van der Waals surface area contributed by atoms with Gasteiger partial charge in [0.2, 0.25) is 0 Å². The zero-order valence-electron chi connectivity index (χ0n) is 18.8. The molecule has 2 bridgehead atoms. The summed E-state index contributed by atoms with van der Waals surface area (Å²) < 4.78 is 0. The van der Waals surface area contributed by atoms with Crippen molar-refractivity contribution in [1.29, 1.82) is 0 Å². The van der Waals surface area contributed by atoms with Crippen LogP contribution in [0.3, 0.4) is 0 Å². The van der Waals surface area contributed by atoms with Crippen molar-refractivity contribution in [3.8, 4) is 0 Å². The molecule has 2 amide bonds. The number of carbonyl (C=O) groups is 3. The Bertz CT molecular complexity index is 1070. The lowest BCUT2D eigenvalue weighted by molar-refractivity contribution is -0.125. The van der Waals surface area contributed by atoms with Crippen LogP contribution >= 0.6 is 0 Å². The van der Waals surface area contributed by atoms with E-state index in [4.69, 9.17) is 0 Å². The highest BCUT2D eigenvalue weighted by atomic mass is 16.2. The predicted molar refractivity (Wildman–Crippen MR) is 122 cm³/mol. The fraction of sp³-hybridized carbons (Fsp3) is 0.370. The minimum Gasteiger partial charge on any atom is -0.294 e. The lowest BCUT2D eigenvalue weighted by Gasteiger charge is -2.31. The number of carbonyl (C=O) groups excluding carboxylic acids is 3. The first-order chi connectivity index (χ1) is 15.3. The van der Waals surface area contributed by atoms with Crippen molar-refractivity contribution in [3.63, 3.8) is 0 Å². The molecule has 0 N–H and O–H groups in total. The van der Waals surface area contributed by atoms with Crippen molar-refractivity contribution in [2.75, 3.05) is 13.1 Å². The van der Waals surface area contributed by atoms with Crippen molar-refractivity contribution in [2.24, 2.45) is 16.7 Å². The molecule has 1 heterocycles. The van der Waals surface area contributed by atoms with Crippen LogP contribution in [0.15, 0.2) is 72.1 Å². The summed E-state index contributed by atoms with van der Waals surface area (Å²) in [7, 11) is 0. The highest BCUT2D eigenvalue weighted by Crippen LogP contribution is 2.66. The normalized spacial score (nSPS) is 26.2. The van der Waals surface area contributed by atoms with E-state index in [2.05, 4.69) is 13.8 Å². The molecule has 3 fully saturated rings. The number of hydrogen-bond acceptors (Lipinski definition) is 3. The third kappa shape index (κ3) is 2.73. The summed E-state index contributed by atoms with van der Waals surface area (Å²) in [6.07, 6.45) is 1.74. The summed E-state index contributed by atoms with van der Waals surface area (Å²) in [5, 5.41) is 0. The summed E-state index contributed by atoms with van der Waals surface area (Å²) in [4.78, 5) is 44.1. The second-order valence-corrected chi connectivity index (χ2v) is 9.86. The van der Waals surface area contributed by atoms with Gasteiger partial charge in [0, 0.05) is 35.2 Å². The van der Waals surface area contributed by atoms with Gasteiger partial charge in [-0.05, 0) is 48.4 Å². The zero-order valence-corrected chi connectivity index (χ0v) is 18.8. The van der Waals surface area contributed by atoms with E-state index >= 15 is 0 Å². The molecule has 2 saturated carbocycles. The number of fused-ring (bicyclic) bond motifs is 2. The Kier molecular flexibility index (Phi) is 4.63. The summed E-state index contributed by atoms with van der Waals surface area (Å²) in [6.45, 7) is 7.10. The van der Waals surface area contributed by atoms with E-state index in [-0.39, 0.29) is 28.9 Å². The molecule has 1 aliphatic heterocycles. The second kappa shape index (κ2) is 7.16. The fourth-order valence-corrected chi connectivity index (χ4v) is 5.84. The van der Waals surface area contributed by atoms with Crippen LogP contribution in [-0.4, -0.2) is 40.5 Å². The van der Waals surface area contributed by atoms with Crippen LogP contribution in [0.4, 0.5) is 0 Å². The first-order valence-electron chi connectivity index (χ1n) is 11.3. The molecular formula is C27H28N2O3. The van der Waals surface area contributed by atoms with Gasteiger partial charge in [0.25, 0.3) is 11.8 Å². The van der Waals surface area contributed by atoms with Crippen LogP contribution in [0.25, 0.3) is 0 Å². The average Bonchev–Trinajstić information content (AvgIpc) is 3.38. The molecule has 2 aliphatic carbocycles. The molecule has 1 saturated heterocycles. The Morgan fingerprint density at radius 3 is 1.69 bits per heavy atom. The van der Waals surface area contributed by atoms with E-state index in [0.717, 1.165) is 12.8 Å². The zero-order chi connectivity index (χ0) is 22.7. The lowest BCUT2D eigenvalue weighted by Crippen LogP contribution is -2.36. The van der Waals surface area contributed by atoms with E-state index in [1.165, 1.54) is 0 Å². The van der Waals surface area contributed by atoms with E-state index in [0.29, 0.717) is 35.6 Å². The fourth-order valence-electron chi connectivity index (χ4n) is 5.84. The molecule has 5 heteroatoms. The number of allylic oxidation sites excluding steroid dienone is 1. The number of nitrogens with zero attached hydrogens (tertiary/aromatic N) is 2. The number of rotatable bonds is 2. The van der Waals surface area contributed by atoms with Crippen LogP contribution in [-0.2, 0) is 4.79 Å². The molecule has 3 aliphatic rings. The molecule has 2 unspecified atom stereocenters. The maximum atomic E-state index is 13.8. The third-order valence-corrected chi connectivity index (χ3v) is 8.15. The summed E-state index contributed by atoms with van der Waals surface area (Å²) in [5.41, 5.74) is 1.10. The Labute approximate surface area is 188 Å². The third-order valence-electron chi connectivity index (χ3n) is 8.15. The smallest absolute Gasteiger partial charge is 0.259 e. The van der Waals surface area contributed by atoms with Gasteiger partial charge in [0.1, 0.15) is 5.82 Å². The summed E-state index contributed by atoms with van der Waals surface area (Å²) >= 11 is 0. The van der Waals surface area contributed by atoms with Crippen LogP contribution < -0.4 is 0 Å². The molecule has 0 spiro atoms. The largest absolute Gasteiger partial charge is 0.294 e. The van der Waals surface area contributed by atoms with Gasteiger partial charge in [0.15, 0.2) is 5.78 Å².